The Kier molecular flexibility index (Phi) is 3.39. The van der Waals surface area contributed by atoms with E-state index < -0.39 is 0 Å². The number of hydrogen-bond acceptors (Lipinski definition) is 4. The zero-order valence-corrected chi connectivity index (χ0v) is 12.7. The molecule has 2 saturated heterocycles. The van der Waals surface area contributed by atoms with Crippen LogP contribution >= 0.6 is 11.6 Å². The molecular weight excluding hydrogens is 302 g/mol. The number of aromatic nitrogens is 1. The molecule has 0 bridgehead atoms. The van der Waals surface area contributed by atoms with E-state index in [0.717, 1.165) is 31.7 Å². The summed E-state index contributed by atoms with van der Waals surface area (Å²) in [6.07, 6.45) is 0. The second kappa shape index (κ2) is 5.41. The Morgan fingerprint density at radius 2 is 1.91 bits per heavy atom. The standard InChI is InChI=1S/C16H16ClN3O2/c17-13-3-1-10(2-4-13)15-5-14(19-22-15)16(21)20-8-11-6-18-7-12(11)9-20/h1-5,11-12,18H,6-9H2/t11-,12+. The highest BCUT2D eigenvalue weighted by Crippen LogP contribution is 2.28. The van der Waals surface area contributed by atoms with Gasteiger partial charge in [-0.25, -0.2) is 0 Å². The summed E-state index contributed by atoms with van der Waals surface area (Å²) in [5.41, 5.74) is 1.23. The van der Waals surface area contributed by atoms with Crippen molar-refractivity contribution < 1.29 is 9.32 Å². The highest BCUT2D eigenvalue weighted by atomic mass is 35.5. The molecule has 114 valence electrons. The van der Waals surface area contributed by atoms with E-state index in [0.29, 0.717) is 28.3 Å². The number of nitrogens with zero attached hydrogens (tertiary/aromatic N) is 2. The minimum absolute atomic E-state index is 0.0432. The van der Waals surface area contributed by atoms with Crippen LogP contribution in [0.5, 0.6) is 0 Å². The van der Waals surface area contributed by atoms with Crippen LogP contribution in [-0.2, 0) is 0 Å². The summed E-state index contributed by atoms with van der Waals surface area (Å²) in [5.74, 6) is 1.69. The number of fused-ring (bicyclic) bond motifs is 1. The smallest absolute Gasteiger partial charge is 0.276 e. The Labute approximate surface area is 133 Å². The Balaban J connectivity index is 1.51. The molecular formula is C16H16ClN3O2. The number of nitrogens with one attached hydrogen (secondary N) is 1. The van der Waals surface area contributed by atoms with Crippen LogP contribution in [-0.4, -0.2) is 42.1 Å². The van der Waals surface area contributed by atoms with Gasteiger partial charge in [-0.3, -0.25) is 4.79 Å². The molecule has 1 aromatic carbocycles. The third-order valence-electron chi connectivity index (χ3n) is 4.53. The molecule has 2 aliphatic rings. The molecule has 5 nitrogen and oxygen atoms in total. The number of likely N-dealkylation sites (tertiary alicyclic amines) is 1. The number of carbonyl (C=O) groups is 1. The molecule has 0 aliphatic carbocycles. The summed E-state index contributed by atoms with van der Waals surface area (Å²) in [5, 5.41) is 7.97. The van der Waals surface area contributed by atoms with Gasteiger partial charge in [0.15, 0.2) is 11.5 Å². The maximum absolute atomic E-state index is 12.5. The number of benzene rings is 1. The fourth-order valence-electron chi connectivity index (χ4n) is 3.31. The van der Waals surface area contributed by atoms with E-state index in [9.17, 15) is 4.79 Å². The summed E-state index contributed by atoms with van der Waals surface area (Å²) in [6.45, 7) is 3.62. The fraction of sp³-hybridized carbons (Fsp3) is 0.375. The molecule has 0 radical (unpaired) electrons. The minimum atomic E-state index is -0.0432. The Morgan fingerprint density at radius 3 is 2.59 bits per heavy atom. The van der Waals surface area contributed by atoms with Crippen molar-refractivity contribution in [1.82, 2.24) is 15.4 Å². The summed E-state index contributed by atoms with van der Waals surface area (Å²) in [4.78, 5) is 14.4. The molecule has 1 aromatic heterocycles. The average molecular weight is 318 g/mol. The lowest BCUT2D eigenvalue weighted by molar-refractivity contribution is 0.0771. The van der Waals surface area contributed by atoms with Crippen molar-refractivity contribution >= 4 is 17.5 Å². The van der Waals surface area contributed by atoms with Crippen LogP contribution in [0.2, 0.25) is 5.02 Å². The molecule has 2 aliphatic heterocycles. The molecule has 22 heavy (non-hydrogen) atoms. The van der Waals surface area contributed by atoms with Crippen LogP contribution in [0.15, 0.2) is 34.9 Å². The first-order chi connectivity index (χ1) is 10.7. The second-order valence-corrected chi connectivity index (χ2v) is 6.41. The first kappa shape index (κ1) is 13.8. The number of carbonyl (C=O) groups excluding carboxylic acids is 1. The van der Waals surface area contributed by atoms with Crippen LogP contribution < -0.4 is 5.32 Å². The van der Waals surface area contributed by atoms with E-state index in [2.05, 4.69) is 10.5 Å². The van der Waals surface area contributed by atoms with Crippen LogP contribution in [0.25, 0.3) is 11.3 Å². The average Bonchev–Trinajstić information content (AvgIpc) is 3.22. The Bertz CT molecular complexity index is 686. The summed E-state index contributed by atoms with van der Waals surface area (Å²) in [7, 11) is 0. The lowest BCUT2D eigenvalue weighted by Crippen LogP contribution is -2.32. The molecule has 0 unspecified atom stereocenters. The van der Waals surface area contributed by atoms with Gasteiger partial charge >= 0.3 is 0 Å². The quantitative estimate of drug-likeness (QED) is 0.923. The highest BCUT2D eigenvalue weighted by Gasteiger charge is 2.38. The van der Waals surface area contributed by atoms with Gasteiger partial charge in [-0.2, -0.15) is 0 Å². The van der Waals surface area contributed by atoms with Gasteiger partial charge in [-0.15, -0.1) is 0 Å². The van der Waals surface area contributed by atoms with E-state index in [1.165, 1.54) is 0 Å². The highest BCUT2D eigenvalue weighted by molar-refractivity contribution is 6.30. The van der Waals surface area contributed by atoms with E-state index in [1.807, 2.05) is 17.0 Å². The first-order valence-corrected chi connectivity index (χ1v) is 7.81. The Hall–Kier alpha value is -1.85. The Morgan fingerprint density at radius 1 is 1.23 bits per heavy atom. The van der Waals surface area contributed by atoms with E-state index in [4.69, 9.17) is 16.1 Å². The SMILES string of the molecule is O=C(c1cc(-c2ccc(Cl)cc2)on1)N1C[C@H]2CNC[C@H]2C1. The molecule has 3 heterocycles. The fourth-order valence-corrected chi connectivity index (χ4v) is 3.44. The topological polar surface area (TPSA) is 58.4 Å². The third kappa shape index (κ3) is 2.40. The number of hydrogen-bond donors (Lipinski definition) is 1. The van der Waals surface area contributed by atoms with Crippen LogP contribution in [0.4, 0.5) is 0 Å². The van der Waals surface area contributed by atoms with Crippen molar-refractivity contribution in [3.63, 3.8) is 0 Å². The van der Waals surface area contributed by atoms with E-state index >= 15 is 0 Å². The second-order valence-electron chi connectivity index (χ2n) is 5.97. The predicted octanol–water partition coefficient (Wildman–Crippen LogP) is 2.29. The van der Waals surface area contributed by atoms with Gasteiger partial charge in [0.1, 0.15) is 0 Å². The maximum Gasteiger partial charge on any atom is 0.276 e. The van der Waals surface area contributed by atoms with Crippen LogP contribution in [0.3, 0.4) is 0 Å². The monoisotopic (exact) mass is 317 g/mol. The summed E-state index contributed by atoms with van der Waals surface area (Å²) in [6, 6.07) is 8.98. The lowest BCUT2D eigenvalue weighted by Gasteiger charge is -2.15. The molecule has 0 saturated carbocycles. The summed E-state index contributed by atoms with van der Waals surface area (Å²) >= 11 is 5.88. The molecule has 0 spiro atoms. The zero-order chi connectivity index (χ0) is 15.1. The molecule has 1 N–H and O–H groups in total. The van der Waals surface area contributed by atoms with Gasteiger partial charge in [0, 0.05) is 42.8 Å². The van der Waals surface area contributed by atoms with Gasteiger partial charge < -0.3 is 14.7 Å². The van der Waals surface area contributed by atoms with Crippen LogP contribution in [0.1, 0.15) is 10.5 Å². The van der Waals surface area contributed by atoms with Crippen molar-refractivity contribution in [1.29, 1.82) is 0 Å². The van der Waals surface area contributed by atoms with Crippen molar-refractivity contribution in [3.05, 3.63) is 41.0 Å². The van der Waals surface area contributed by atoms with E-state index in [1.54, 1.807) is 18.2 Å². The van der Waals surface area contributed by atoms with Crippen molar-refractivity contribution in [2.45, 2.75) is 0 Å². The molecule has 6 heteroatoms. The van der Waals surface area contributed by atoms with Gasteiger partial charge in [0.25, 0.3) is 5.91 Å². The zero-order valence-electron chi connectivity index (χ0n) is 12.0. The predicted molar refractivity (Wildman–Crippen MR) is 82.7 cm³/mol. The molecule has 1 amide bonds. The molecule has 2 atom stereocenters. The third-order valence-corrected chi connectivity index (χ3v) is 4.79. The van der Waals surface area contributed by atoms with Crippen molar-refractivity contribution in [2.24, 2.45) is 11.8 Å². The number of rotatable bonds is 2. The van der Waals surface area contributed by atoms with Gasteiger partial charge in [0.05, 0.1) is 0 Å². The molecule has 4 rings (SSSR count). The normalized spacial score (nSPS) is 23.8. The first-order valence-electron chi connectivity index (χ1n) is 7.43. The largest absolute Gasteiger partial charge is 0.355 e. The van der Waals surface area contributed by atoms with Crippen LogP contribution in [0, 0.1) is 11.8 Å². The maximum atomic E-state index is 12.5. The minimum Gasteiger partial charge on any atom is -0.355 e. The van der Waals surface area contributed by atoms with Gasteiger partial charge in [0.2, 0.25) is 0 Å². The number of amides is 1. The lowest BCUT2D eigenvalue weighted by atomic mass is 10.0. The van der Waals surface area contributed by atoms with Gasteiger partial charge in [-0.05, 0) is 36.1 Å². The van der Waals surface area contributed by atoms with E-state index in [-0.39, 0.29) is 5.91 Å². The molecule has 2 aromatic rings. The summed E-state index contributed by atoms with van der Waals surface area (Å²) < 4.78 is 5.31. The number of halogens is 1. The van der Waals surface area contributed by atoms with Gasteiger partial charge in [-0.1, -0.05) is 16.8 Å². The molecule has 2 fully saturated rings. The van der Waals surface area contributed by atoms with Crippen molar-refractivity contribution in [3.8, 4) is 11.3 Å². The van der Waals surface area contributed by atoms with Crippen molar-refractivity contribution in [2.75, 3.05) is 26.2 Å².